The van der Waals surface area contributed by atoms with Crippen LogP contribution < -0.4 is 5.73 Å². The van der Waals surface area contributed by atoms with Gasteiger partial charge in [-0.05, 0) is 44.4 Å². The quantitative estimate of drug-likeness (QED) is 0.695. The van der Waals surface area contributed by atoms with Crippen molar-refractivity contribution < 1.29 is 4.74 Å². The van der Waals surface area contributed by atoms with Gasteiger partial charge in [0.05, 0.1) is 5.60 Å². The van der Waals surface area contributed by atoms with Gasteiger partial charge in [0, 0.05) is 13.2 Å². The Hall–Kier alpha value is -0.0800. The Morgan fingerprint density at radius 3 is 2.67 bits per heavy atom. The molecule has 2 aliphatic rings. The molecule has 2 saturated carbocycles. The van der Waals surface area contributed by atoms with Crippen LogP contribution in [0.5, 0.6) is 0 Å². The SMILES string of the molecule is CCOC1(CN)CC[C@@H]2CC[C@@H]21. The third-order valence-corrected chi connectivity index (χ3v) is 3.81. The Balaban J connectivity index is 2.06. The van der Waals surface area contributed by atoms with Crippen molar-refractivity contribution >= 4 is 0 Å². The van der Waals surface area contributed by atoms with Crippen LogP contribution in [0.15, 0.2) is 0 Å². The third-order valence-electron chi connectivity index (χ3n) is 3.81. The molecule has 0 heterocycles. The lowest BCUT2D eigenvalue weighted by atomic mass is 9.70. The normalized spacial score (nSPS) is 45.5. The van der Waals surface area contributed by atoms with Gasteiger partial charge >= 0.3 is 0 Å². The van der Waals surface area contributed by atoms with E-state index in [-0.39, 0.29) is 5.60 Å². The first-order chi connectivity index (χ1) is 5.82. The lowest BCUT2D eigenvalue weighted by Crippen LogP contribution is -2.48. The minimum atomic E-state index is 0.0810. The van der Waals surface area contributed by atoms with E-state index in [4.69, 9.17) is 10.5 Å². The summed E-state index contributed by atoms with van der Waals surface area (Å²) in [7, 11) is 0. The lowest BCUT2D eigenvalue weighted by Gasteiger charge is -2.42. The van der Waals surface area contributed by atoms with Crippen LogP contribution in [0.1, 0.15) is 32.6 Å². The molecule has 0 saturated heterocycles. The van der Waals surface area contributed by atoms with Crippen LogP contribution in [0, 0.1) is 11.8 Å². The zero-order chi connectivity index (χ0) is 8.60. The minimum absolute atomic E-state index is 0.0810. The van der Waals surface area contributed by atoms with Crippen LogP contribution >= 0.6 is 0 Å². The van der Waals surface area contributed by atoms with Gasteiger partial charge in [0.15, 0.2) is 0 Å². The molecule has 0 aromatic rings. The molecule has 0 aromatic heterocycles. The molecule has 2 heteroatoms. The van der Waals surface area contributed by atoms with Crippen molar-refractivity contribution in [1.29, 1.82) is 0 Å². The van der Waals surface area contributed by atoms with Gasteiger partial charge in [0.25, 0.3) is 0 Å². The Labute approximate surface area is 74.5 Å². The monoisotopic (exact) mass is 169 g/mol. The molecule has 2 rings (SSSR count). The van der Waals surface area contributed by atoms with Gasteiger partial charge in [-0.25, -0.2) is 0 Å². The summed E-state index contributed by atoms with van der Waals surface area (Å²) in [6.45, 7) is 3.62. The van der Waals surface area contributed by atoms with E-state index < -0.39 is 0 Å². The number of nitrogens with two attached hydrogens (primary N) is 1. The van der Waals surface area contributed by atoms with Gasteiger partial charge in [0.2, 0.25) is 0 Å². The molecule has 0 spiro atoms. The summed E-state index contributed by atoms with van der Waals surface area (Å²) in [5, 5.41) is 0. The Bertz CT molecular complexity index is 167. The number of rotatable bonds is 3. The zero-order valence-corrected chi connectivity index (χ0v) is 7.88. The summed E-state index contributed by atoms with van der Waals surface area (Å²) in [6, 6.07) is 0. The molecule has 2 aliphatic carbocycles. The van der Waals surface area contributed by atoms with Gasteiger partial charge in [-0.15, -0.1) is 0 Å². The van der Waals surface area contributed by atoms with Crippen LogP contribution in [0.25, 0.3) is 0 Å². The van der Waals surface area contributed by atoms with E-state index in [0.717, 1.165) is 25.0 Å². The highest BCUT2D eigenvalue weighted by molar-refractivity contribution is 5.04. The number of ether oxygens (including phenoxy) is 1. The summed E-state index contributed by atoms with van der Waals surface area (Å²) in [5.74, 6) is 1.74. The van der Waals surface area contributed by atoms with Crippen LogP contribution in [0.3, 0.4) is 0 Å². The Morgan fingerprint density at radius 1 is 1.42 bits per heavy atom. The molecule has 3 atom stereocenters. The molecule has 2 nitrogen and oxygen atoms in total. The van der Waals surface area contributed by atoms with E-state index in [0.29, 0.717) is 0 Å². The molecular weight excluding hydrogens is 150 g/mol. The van der Waals surface area contributed by atoms with Crippen LogP contribution in [-0.4, -0.2) is 18.8 Å². The first-order valence-corrected chi connectivity index (χ1v) is 5.16. The summed E-state index contributed by atoms with van der Waals surface area (Å²) in [5.41, 5.74) is 5.90. The fraction of sp³-hybridized carbons (Fsp3) is 1.00. The predicted octanol–water partition coefficient (Wildman–Crippen LogP) is 1.54. The van der Waals surface area contributed by atoms with Gasteiger partial charge in [-0.2, -0.15) is 0 Å². The fourth-order valence-corrected chi connectivity index (χ4v) is 3.00. The van der Waals surface area contributed by atoms with Gasteiger partial charge in [-0.1, -0.05) is 0 Å². The number of fused-ring (bicyclic) bond motifs is 1. The van der Waals surface area contributed by atoms with Crippen molar-refractivity contribution in [3.8, 4) is 0 Å². The zero-order valence-electron chi connectivity index (χ0n) is 7.88. The molecule has 1 unspecified atom stereocenters. The highest BCUT2D eigenvalue weighted by Gasteiger charge is 2.52. The minimum Gasteiger partial charge on any atom is -0.374 e. The van der Waals surface area contributed by atoms with E-state index in [9.17, 15) is 0 Å². The molecule has 0 bridgehead atoms. The number of hydrogen-bond acceptors (Lipinski definition) is 2. The highest BCUT2D eigenvalue weighted by atomic mass is 16.5. The smallest absolute Gasteiger partial charge is 0.0834 e. The largest absolute Gasteiger partial charge is 0.374 e. The first-order valence-electron chi connectivity index (χ1n) is 5.16. The molecule has 0 radical (unpaired) electrons. The second kappa shape index (κ2) is 3.00. The van der Waals surface area contributed by atoms with Crippen LogP contribution in [0.4, 0.5) is 0 Å². The van der Waals surface area contributed by atoms with E-state index in [2.05, 4.69) is 6.92 Å². The third kappa shape index (κ3) is 1.01. The standard InChI is InChI=1S/C10H19NO/c1-2-12-10(7-11)6-5-8-3-4-9(8)10/h8-9H,2-7,11H2,1H3/t8-,9-,10?/m0/s1. The van der Waals surface area contributed by atoms with Gasteiger partial charge in [-0.3, -0.25) is 0 Å². The molecule has 70 valence electrons. The summed E-state index contributed by atoms with van der Waals surface area (Å²) >= 11 is 0. The molecule has 2 N–H and O–H groups in total. The molecule has 0 aliphatic heterocycles. The molecule has 0 aromatic carbocycles. The van der Waals surface area contributed by atoms with Crippen LogP contribution in [-0.2, 0) is 4.74 Å². The maximum Gasteiger partial charge on any atom is 0.0834 e. The van der Waals surface area contributed by atoms with Crippen molar-refractivity contribution in [2.75, 3.05) is 13.2 Å². The average molecular weight is 169 g/mol. The van der Waals surface area contributed by atoms with E-state index >= 15 is 0 Å². The number of hydrogen-bond donors (Lipinski definition) is 1. The lowest BCUT2D eigenvalue weighted by molar-refractivity contribution is -0.0871. The maximum atomic E-state index is 5.85. The fourth-order valence-electron chi connectivity index (χ4n) is 3.00. The Kier molecular flexibility index (Phi) is 2.13. The maximum absolute atomic E-state index is 5.85. The summed E-state index contributed by atoms with van der Waals surface area (Å²) < 4.78 is 5.85. The highest BCUT2D eigenvalue weighted by Crippen LogP contribution is 2.53. The van der Waals surface area contributed by atoms with Crippen molar-refractivity contribution in [2.24, 2.45) is 17.6 Å². The van der Waals surface area contributed by atoms with Crippen molar-refractivity contribution in [2.45, 2.75) is 38.2 Å². The van der Waals surface area contributed by atoms with Crippen molar-refractivity contribution in [3.63, 3.8) is 0 Å². The van der Waals surface area contributed by atoms with Crippen LogP contribution in [0.2, 0.25) is 0 Å². The van der Waals surface area contributed by atoms with Crippen molar-refractivity contribution in [3.05, 3.63) is 0 Å². The first kappa shape index (κ1) is 8.52. The topological polar surface area (TPSA) is 35.2 Å². The molecule has 0 amide bonds. The second-order valence-corrected chi connectivity index (χ2v) is 4.18. The predicted molar refractivity (Wildman–Crippen MR) is 48.9 cm³/mol. The second-order valence-electron chi connectivity index (χ2n) is 4.18. The van der Waals surface area contributed by atoms with E-state index in [1.165, 1.54) is 25.7 Å². The summed E-state index contributed by atoms with van der Waals surface area (Å²) in [6.07, 6.45) is 5.32. The molecule has 12 heavy (non-hydrogen) atoms. The molecule has 2 fully saturated rings. The van der Waals surface area contributed by atoms with Gasteiger partial charge in [0.1, 0.15) is 0 Å². The van der Waals surface area contributed by atoms with E-state index in [1.807, 2.05) is 0 Å². The molecular formula is C10H19NO. The van der Waals surface area contributed by atoms with Crippen molar-refractivity contribution in [1.82, 2.24) is 0 Å². The average Bonchev–Trinajstić information content (AvgIpc) is 2.24. The summed E-state index contributed by atoms with van der Waals surface area (Å²) in [4.78, 5) is 0. The Morgan fingerprint density at radius 2 is 2.25 bits per heavy atom. The van der Waals surface area contributed by atoms with E-state index in [1.54, 1.807) is 0 Å². The van der Waals surface area contributed by atoms with Gasteiger partial charge < -0.3 is 10.5 Å².